The number of hydrogen-bond donors (Lipinski definition) is 1. The fourth-order valence-electron chi connectivity index (χ4n) is 2.25. The third-order valence-corrected chi connectivity index (χ3v) is 3.55. The lowest BCUT2D eigenvalue weighted by atomic mass is 10.1. The average molecular weight is 419 g/mol. The monoisotopic (exact) mass is 419 g/mol. The van der Waals surface area contributed by atoms with Crippen molar-refractivity contribution in [3.63, 3.8) is 0 Å². The first-order valence-corrected chi connectivity index (χ1v) is 7.64. The Bertz CT molecular complexity index is 438. The van der Waals surface area contributed by atoms with Crippen LogP contribution in [0.25, 0.3) is 0 Å². The molecule has 1 aromatic carbocycles. The molecule has 0 amide bonds. The molecular formula is C17H30IN3O. The summed E-state index contributed by atoms with van der Waals surface area (Å²) in [4.78, 5) is 6.52. The molecule has 0 aliphatic carbocycles. The van der Waals surface area contributed by atoms with E-state index in [-0.39, 0.29) is 24.0 Å². The third kappa shape index (κ3) is 7.98. The van der Waals surface area contributed by atoms with E-state index in [1.54, 1.807) is 7.11 Å². The Labute approximate surface area is 152 Å². The summed E-state index contributed by atoms with van der Waals surface area (Å²) in [5.41, 5.74) is 2.66. The maximum Gasteiger partial charge on any atom is 0.193 e. The Morgan fingerprint density at radius 2 is 1.95 bits per heavy atom. The second-order valence-corrected chi connectivity index (χ2v) is 5.31. The molecule has 0 aliphatic rings. The molecule has 0 radical (unpaired) electrons. The van der Waals surface area contributed by atoms with Crippen molar-refractivity contribution in [3.05, 3.63) is 35.4 Å². The SMILES string of the molecule is CN=C(NCCCCCOC)N(C)Cc1ccccc1C.I. The Hall–Kier alpha value is -0.820. The van der Waals surface area contributed by atoms with E-state index >= 15 is 0 Å². The predicted molar refractivity (Wildman–Crippen MR) is 105 cm³/mol. The molecule has 0 saturated carbocycles. The number of unbranched alkanes of at least 4 members (excludes halogenated alkanes) is 2. The fraction of sp³-hybridized carbons (Fsp3) is 0.588. The zero-order valence-corrected chi connectivity index (χ0v) is 16.6. The quantitative estimate of drug-likeness (QED) is 0.304. The molecule has 0 atom stereocenters. The minimum Gasteiger partial charge on any atom is -0.385 e. The molecule has 0 aromatic heterocycles. The molecule has 0 unspecified atom stereocenters. The second kappa shape index (κ2) is 12.7. The molecule has 5 heteroatoms. The Kier molecular flexibility index (Phi) is 12.2. The maximum absolute atomic E-state index is 5.05. The first-order chi connectivity index (χ1) is 10.2. The molecule has 0 fully saturated rings. The van der Waals surface area contributed by atoms with Gasteiger partial charge < -0.3 is 15.0 Å². The first kappa shape index (κ1) is 21.2. The van der Waals surface area contributed by atoms with Gasteiger partial charge in [0.15, 0.2) is 5.96 Å². The van der Waals surface area contributed by atoms with Gasteiger partial charge in [-0.05, 0) is 37.3 Å². The van der Waals surface area contributed by atoms with Crippen LogP contribution in [0.3, 0.4) is 0 Å². The minimum atomic E-state index is 0. The molecule has 126 valence electrons. The smallest absolute Gasteiger partial charge is 0.193 e. The number of halogens is 1. The Morgan fingerprint density at radius 3 is 2.59 bits per heavy atom. The highest BCUT2D eigenvalue weighted by atomic mass is 127. The van der Waals surface area contributed by atoms with Gasteiger partial charge in [0, 0.05) is 40.9 Å². The van der Waals surface area contributed by atoms with Crippen molar-refractivity contribution in [1.29, 1.82) is 0 Å². The zero-order chi connectivity index (χ0) is 15.5. The van der Waals surface area contributed by atoms with Crippen LogP contribution in [0.5, 0.6) is 0 Å². The van der Waals surface area contributed by atoms with Crippen LogP contribution in [-0.2, 0) is 11.3 Å². The first-order valence-electron chi connectivity index (χ1n) is 7.64. The van der Waals surface area contributed by atoms with Crippen molar-refractivity contribution in [2.75, 3.05) is 34.4 Å². The predicted octanol–water partition coefficient (Wildman–Crippen LogP) is 3.44. The molecule has 1 aromatic rings. The van der Waals surface area contributed by atoms with Crippen LogP contribution < -0.4 is 5.32 Å². The van der Waals surface area contributed by atoms with E-state index < -0.39 is 0 Å². The summed E-state index contributed by atoms with van der Waals surface area (Å²) in [5.74, 6) is 0.949. The van der Waals surface area contributed by atoms with Crippen LogP contribution >= 0.6 is 24.0 Å². The highest BCUT2D eigenvalue weighted by Crippen LogP contribution is 2.09. The van der Waals surface area contributed by atoms with Gasteiger partial charge >= 0.3 is 0 Å². The molecule has 4 nitrogen and oxygen atoms in total. The van der Waals surface area contributed by atoms with Gasteiger partial charge in [0.25, 0.3) is 0 Å². The van der Waals surface area contributed by atoms with E-state index in [2.05, 4.69) is 53.4 Å². The van der Waals surface area contributed by atoms with E-state index in [4.69, 9.17) is 4.74 Å². The summed E-state index contributed by atoms with van der Waals surface area (Å²) >= 11 is 0. The molecular weight excluding hydrogens is 389 g/mol. The highest BCUT2D eigenvalue weighted by Gasteiger charge is 2.07. The van der Waals surface area contributed by atoms with E-state index in [0.29, 0.717) is 0 Å². The van der Waals surface area contributed by atoms with E-state index in [1.165, 1.54) is 17.5 Å². The van der Waals surface area contributed by atoms with E-state index in [0.717, 1.165) is 38.5 Å². The Balaban J connectivity index is 0.00000441. The van der Waals surface area contributed by atoms with Crippen LogP contribution in [0.2, 0.25) is 0 Å². The van der Waals surface area contributed by atoms with Gasteiger partial charge in [-0.1, -0.05) is 24.3 Å². The standard InChI is InChI=1S/C17H29N3O.HI/c1-15-10-6-7-11-16(15)14-20(3)17(18-2)19-12-8-5-9-13-21-4;/h6-7,10-11H,5,8-9,12-14H2,1-4H3,(H,18,19);1H. The summed E-state index contributed by atoms with van der Waals surface area (Å²) in [7, 11) is 5.66. The molecule has 1 N–H and O–H groups in total. The molecule has 0 saturated heterocycles. The summed E-state index contributed by atoms with van der Waals surface area (Å²) in [6.07, 6.45) is 3.44. The number of nitrogens with zero attached hydrogens (tertiary/aromatic N) is 2. The van der Waals surface area contributed by atoms with Crippen LogP contribution in [0.1, 0.15) is 30.4 Å². The normalized spacial score (nSPS) is 11.0. The van der Waals surface area contributed by atoms with E-state index in [9.17, 15) is 0 Å². The van der Waals surface area contributed by atoms with Crippen molar-refractivity contribution in [2.24, 2.45) is 4.99 Å². The molecule has 1 rings (SSSR count). The lowest BCUT2D eigenvalue weighted by Crippen LogP contribution is -2.39. The molecule has 0 aliphatic heterocycles. The van der Waals surface area contributed by atoms with Gasteiger partial charge in [-0.3, -0.25) is 4.99 Å². The van der Waals surface area contributed by atoms with Crippen LogP contribution in [-0.4, -0.2) is 45.2 Å². The summed E-state index contributed by atoms with van der Waals surface area (Å²) < 4.78 is 5.05. The molecule has 0 bridgehead atoms. The summed E-state index contributed by atoms with van der Waals surface area (Å²) in [5, 5.41) is 3.42. The largest absolute Gasteiger partial charge is 0.385 e. The molecule has 22 heavy (non-hydrogen) atoms. The zero-order valence-electron chi connectivity index (χ0n) is 14.3. The maximum atomic E-state index is 5.05. The Morgan fingerprint density at radius 1 is 1.23 bits per heavy atom. The summed E-state index contributed by atoms with van der Waals surface area (Å²) in [6.45, 7) is 4.82. The molecule has 0 heterocycles. The van der Waals surface area contributed by atoms with Gasteiger partial charge in [0.05, 0.1) is 0 Å². The number of hydrogen-bond acceptors (Lipinski definition) is 2. The number of aliphatic imine (C=N–C) groups is 1. The van der Waals surface area contributed by atoms with Gasteiger partial charge in [0.1, 0.15) is 0 Å². The number of aryl methyl sites for hydroxylation is 1. The number of rotatable bonds is 8. The van der Waals surface area contributed by atoms with Gasteiger partial charge in [0.2, 0.25) is 0 Å². The number of benzene rings is 1. The summed E-state index contributed by atoms with van der Waals surface area (Å²) in [6, 6.07) is 8.48. The average Bonchev–Trinajstić information content (AvgIpc) is 2.49. The van der Waals surface area contributed by atoms with Crippen LogP contribution in [0.15, 0.2) is 29.3 Å². The lowest BCUT2D eigenvalue weighted by molar-refractivity contribution is 0.192. The van der Waals surface area contributed by atoms with Crippen molar-refractivity contribution >= 4 is 29.9 Å². The van der Waals surface area contributed by atoms with E-state index in [1.807, 2.05) is 7.05 Å². The highest BCUT2D eigenvalue weighted by molar-refractivity contribution is 14.0. The van der Waals surface area contributed by atoms with Crippen LogP contribution in [0.4, 0.5) is 0 Å². The number of methoxy groups -OCH3 is 1. The fourth-order valence-corrected chi connectivity index (χ4v) is 2.25. The van der Waals surface area contributed by atoms with Crippen molar-refractivity contribution in [3.8, 4) is 0 Å². The van der Waals surface area contributed by atoms with Gasteiger partial charge in [-0.15, -0.1) is 24.0 Å². The van der Waals surface area contributed by atoms with Gasteiger partial charge in [-0.25, -0.2) is 0 Å². The topological polar surface area (TPSA) is 36.9 Å². The minimum absolute atomic E-state index is 0. The third-order valence-electron chi connectivity index (χ3n) is 3.55. The number of nitrogens with one attached hydrogen (secondary N) is 1. The second-order valence-electron chi connectivity index (χ2n) is 5.31. The number of guanidine groups is 1. The van der Waals surface area contributed by atoms with Crippen molar-refractivity contribution < 1.29 is 4.74 Å². The lowest BCUT2D eigenvalue weighted by Gasteiger charge is -2.23. The van der Waals surface area contributed by atoms with Gasteiger partial charge in [-0.2, -0.15) is 0 Å². The van der Waals surface area contributed by atoms with Crippen LogP contribution in [0, 0.1) is 6.92 Å². The molecule has 0 spiro atoms. The van der Waals surface area contributed by atoms with Crippen molar-refractivity contribution in [2.45, 2.75) is 32.7 Å². The number of ether oxygens (including phenoxy) is 1. The van der Waals surface area contributed by atoms with Crippen molar-refractivity contribution in [1.82, 2.24) is 10.2 Å².